The van der Waals surface area contributed by atoms with Crippen LogP contribution >= 0.6 is 0 Å². The van der Waals surface area contributed by atoms with Crippen molar-refractivity contribution in [2.75, 3.05) is 0 Å². The molecule has 0 N–H and O–H groups in total. The molecule has 0 heteroatoms. The highest BCUT2D eigenvalue weighted by Crippen LogP contribution is 2.36. The molecule has 0 spiro atoms. The summed E-state index contributed by atoms with van der Waals surface area (Å²) in [5.74, 6) is 0.640. The normalized spacial score (nSPS) is 20.2. The molecule has 0 amide bonds. The molecule has 0 nitrogen and oxygen atoms in total. The van der Waals surface area contributed by atoms with Gasteiger partial charge in [0.1, 0.15) is 0 Å². The molecule has 0 bridgehead atoms. The second-order valence-corrected chi connectivity index (χ2v) is 4.35. The molecule has 84 valence electrons. The van der Waals surface area contributed by atoms with E-state index in [-0.39, 0.29) is 0 Å². The Labute approximate surface area is 98.7 Å². The van der Waals surface area contributed by atoms with Crippen molar-refractivity contribution in [1.82, 2.24) is 0 Å². The minimum atomic E-state index is 0.640. The van der Waals surface area contributed by atoms with Gasteiger partial charge >= 0.3 is 0 Å². The Hall–Kier alpha value is -1.30. The molecule has 0 fully saturated rings. The highest BCUT2D eigenvalue weighted by molar-refractivity contribution is 5.71. The van der Waals surface area contributed by atoms with E-state index in [0.29, 0.717) is 5.92 Å². The number of rotatable bonds is 3. The fourth-order valence-electron chi connectivity index (χ4n) is 2.64. The Bertz CT molecular complexity index is 395. The maximum absolute atomic E-state index is 2.40. The first-order chi connectivity index (χ1) is 7.86. The van der Waals surface area contributed by atoms with Crippen molar-refractivity contribution in [1.29, 1.82) is 0 Å². The number of allylic oxidation sites excluding steroid dienone is 4. The summed E-state index contributed by atoms with van der Waals surface area (Å²) >= 11 is 0. The Morgan fingerprint density at radius 2 is 1.81 bits per heavy atom. The van der Waals surface area contributed by atoms with Crippen molar-refractivity contribution in [3.05, 3.63) is 53.6 Å². The highest BCUT2D eigenvalue weighted by atomic mass is 14.2. The summed E-state index contributed by atoms with van der Waals surface area (Å²) in [5, 5.41) is 0. The quantitative estimate of drug-likeness (QED) is 0.629. The molecule has 2 rings (SSSR count). The number of hydrogen-bond acceptors (Lipinski definition) is 0. The monoisotopic (exact) mass is 212 g/mol. The lowest BCUT2D eigenvalue weighted by Crippen LogP contribution is -2.09. The van der Waals surface area contributed by atoms with E-state index >= 15 is 0 Å². The van der Waals surface area contributed by atoms with Crippen LogP contribution in [0.2, 0.25) is 0 Å². The summed E-state index contributed by atoms with van der Waals surface area (Å²) in [6, 6.07) is 10.8. The van der Waals surface area contributed by atoms with Gasteiger partial charge in [0.15, 0.2) is 0 Å². The molecule has 1 atom stereocenters. The lowest BCUT2D eigenvalue weighted by Gasteiger charge is -2.25. The van der Waals surface area contributed by atoms with E-state index < -0.39 is 0 Å². The Kier molecular flexibility index (Phi) is 3.61. The SMILES string of the molecule is CCC1=CCC=C(c2ccccc2)C1CC. The summed E-state index contributed by atoms with van der Waals surface area (Å²) in [5.41, 5.74) is 4.54. The van der Waals surface area contributed by atoms with Gasteiger partial charge in [-0.3, -0.25) is 0 Å². The van der Waals surface area contributed by atoms with Crippen LogP contribution in [-0.4, -0.2) is 0 Å². The van der Waals surface area contributed by atoms with Gasteiger partial charge in [0, 0.05) is 5.92 Å². The Balaban J connectivity index is 2.31. The van der Waals surface area contributed by atoms with Crippen molar-refractivity contribution in [3.63, 3.8) is 0 Å². The van der Waals surface area contributed by atoms with Crippen molar-refractivity contribution >= 4 is 5.57 Å². The van der Waals surface area contributed by atoms with E-state index in [1.807, 2.05) is 0 Å². The molecule has 0 heterocycles. The average Bonchev–Trinajstić information content (AvgIpc) is 2.38. The molecule has 16 heavy (non-hydrogen) atoms. The molecule has 1 aliphatic rings. The third-order valence-electron chi connectivity index (χ3n) is 3.46. The van der Waals surface area contributed by atoms with Gasteiger partial charge in [-0.25, -0.2) is 0 Å². The number of hydrogen-bond donors (Lipinski definition) is 0. The Morgan fingerprint density at radius 1 is 1.06 bits per heavy atom. The molecule has 0 saturated carbocycles. The zero-order valence-corrected chi connectivity index (χ0v) is 10.2. The summed E-state index contributed by atoms with van der Waals surface area (Å²) in [7, 11) is 0. The van der Waals surface area contributed by atoms with E-state index in [4.69, 9.17) is 0 Å². The topological polar surface area (TPSA) is 0 Å². The summed E-state index contributed by atoms with van der Waals surface area (Å²) in [4.78, 5) is 0. The van der Waals surface area contributed by atoms with Crippen molar-refractivity contribution in [3.8, 4) is 0 Å². The van der Waals surface area contributed by atoms with Gasteiger partial charge in [-0.15, -0.1) is 0 Å². The van der Waals surface area contributed by atoms with Gasteiger partial charge in [-0.05, 0) is 30.4 Å². The second kappa shape index (κ2) is 5.16. The first-order valence-electron chi connectivity index (χ1n) is 6.31. The zero-order valence-electron chi connectivity index (χ0n) is 10.2. The fraction of sp³-hybridized carbons (Fsp3) is 0.375. The zero-order chi connectivity index (χ0) is 11.4. The molecule has 0 aliphatic heterocycles. The van der Waals surface area contributed by atoms with E-state index in [2.05, 4.69) is 56.3 Å². The lowest BCUT2D eigenvalue weighted by atomic mass is 9.80. The maximum atomic E-state index is 2.40. The smallest absolute Gasteiger partial charge is 0.00484 e. The molecule has 0 radical (unpaired) electrons. The van der Waals surface area contributed by atoms with Crippen molar-refractivity contribution in [2.24, 2.45) is 5.92 Å². The van der Waals surface area contributed by atoms with E-state index in [9.17, 15) is 0 Å². The largest absolute Gasteiger partial charge is 0.0809 e. The molecule has 1 aliphatic carbocycles. The summed E-state index contributed by atoms with van der Waals surface area (Å²) < 4.78 is 0. The molecule has 0 saturated heterocycles. The first kappa shape index (κ1) is 11.2. The maximum Gasteiger partial charge on any atom is 0.00484 e. The third kappa shape index (κ3) is 2.11. The van der Waals surface area contributed by atoms with Gasteiger partial charge in [0.2, 0.25) is 0 Å². The first-order valence-corrected chi connectivity index (χ1v) is 6.31. The van der Waals surface area contributed by atoms with Gasteiger partial charge in [0.05, 0.1) is 0 Å². The van der Waals surface area contributed by atoms with Crippen LogP contribution in [0, 0.1) is 5.92 Å². The van der Waals surface area contributed by atoms with Crippen LogP contribution in [-0.2, 0) is 0 Å². The van der Waals surface area contributed by atoms with Gasteiger partial charge in [-0.2, -0.15) is 0 Å². The predicted octanol–water partition coefficient (Wildman–Crippen LogP) is 4.84. The lowest BCUT2D eigenvalue weighted by molar-refractivity contribution is 0.703. The van der Waals surface area contributed by atoms with Crippen LogP contribution < -0.4 is 0 Å². The Morgan fingerprint density at radius 3 is 2.44 bits per heavy atom. The van der Waals surface area contributed by atoms with Crippen LogP contribution in [0.5, 0.6) is 0 Å². The van der Waals surface area contributed by atoms with Gasteiger partial charge in [-0.1, -0.05) is 61.9 Å². The minimum absolute atomic E-state index is 0.640. The highest BCUT2D eigenvalue weighted by Gasteiger charge is 2.19. The average molecular weight is 212 g/mol. The van der Waals surface area contributed by atoms with Gasteiger partial charge in [0.25, 0.3) is 0 Å². The molecular weight excluding hydrogens is 192 g/mol. The number of benzene rings is 1. The minimum Gasteiger partial charge on any atom is -0.0809 e. The van der Waals surface area contributed by atoms with Crippen LogP contribution in [0.1, 0.15) is 38.7 Å². The summed E-state index contributed by atoms with van der Waals surface area (Å²) in [6.07, 6.45) is 8.29. The molecule has 0 aromatic heterocycles. The van der Waals surface area contributed by atoms with Crippen LogP contribution in [0.3, 0.4) is 0 Å². The standard InChI is InChI=1S/C16H20/c1-3-13-11-8-12-16(15(13)4-2)14-9-6-5-7-10-14/h5-7,9-12,15H,3-4,8H2,1-2H3. The van der Waals surface area contributed by atoms with Crippen LogP contribution in [0.4, 0.5) is 0 Å². The fourth-order valence-corrected chi connectivity index (χ4v) is 2.64. The van der Waals surface area contributed by atoms with Gasteiger partial charge < -0.3 is 0 Å². The van der Waals surface area contributed by atoms with E-state index in [1.165, 1.54) is 24.0 Å². The van der Waals surface area contributed by atoms with Crippen molar-refractivity contribution in [2.45, 2.75) is 33.1 Å². The van der Waals surface area contributed by atoms with Crippen LogP contribution in [0.15, 0.2) is 48.1 Å². The summed E-state index contributed by atoms with van der Waals surface area (Å²) in [6.45, 7) is 4.55. The van der Waals surface area contributed by atoms with E-state index in [0.717, 1.165) is 6.42 Å². The molecule has 1 aromatic rings. The second-order valence-electron chi connectivity index (χ2n) is 4.35. The predicted molar refractivity (Wildman–Crippen MR) is 71.2 cm³/mol. The van der Waals surface area contributed by atoms with Crippen LogP contribution in [0.25, 0.3) is 5.57 Å². The van der Waals surface area contributed by atoms with E-state index in [1.54, 1.807) is 5.57 Å². The third-order valence-corrected chi connectivity index (χ3v) is 3.46. The molecular formula is C16H20. The molecule has 1 aromatic carbocycles. The van der Waals surface area contributed by atoms with Crippen molar-refractivity contribution < 1.29 is 0 Å². The molecule has 1 unspecified atom stereocenters.